The summed E-state index contributed by atoms with van der Waals surface area (Å²) in [4.78, 5) is 23.0. The molecule has 0 bridgehead atoms. The third-order valence-electron chi connectivity index (χ3n) is 4.62. The number of hydrogen-bond acceptors (Lipinski definition) is 5. The highest BCUT2D eigenvalue weighted by molar-refractivity contribution is 5.77. The van der Waals surface area contributed by atoms with Crippen molar-refractivity contribution in [3.05, 3.63) is 24.3 Å². The highest BCUT2D eigenvalue weighted by Gasteiger charge is 2.43. The van der Waals surface area contributed by atoms with Crippen molar-refractivity contribution >= 4 is 5.91 Å². The molecule has 1 saturated heterocycles. The van der Waals surface area contributed by atoms with E-state index < -0.39 is 11.6 Å². The monoisotopic (exact) mass is 290 g/mol. The van der Waals surface area contributed by atoms with Crippen molar-refractivity contribution < 1.29 is 9.90 Å². The Labute approximate surface area is 124 Å². The minimum atomic E-state index is -0.411. The molecule has 6 nitrogen and oxygen atoms in total. The molecule has 3 rings (SSSR count). The molecule has 1 aliphatic carbocycles. The zero-order valence-corrected chi connectivity index (χ0v) is 12.3. The fourth-order valence-electron chi connectivity index (χ4n) is 3.30. The predicted molar refractivity (Wildman–Crippen MR) is 77.3 cm³/mol. The van der Waals surface area contributed by atoms with Crippen LogP contribution < -0.4 is 5.32 Å². The van der Waals surface area contributed by atoms with E-state index in [1.165, 1.54) is 0 Å². The number of nitrogens with zero attached hydrogens (tertiary/aromatic N) is 3. The summed E-state index contributed by atoms with van der Waals surface area (Å²) >= 11 is 0. The third kappa shape index (κ3) is 2.91. The van der Waals surface area contributed by atoms with Crippen LogP contribution in [0.25, 0.3) is 0 Å². The second kappa shape index (κ2) is 5.69. The largest absolute Gasteiger partial charge is 0.391 e. The fraction of sp³-hybridized carbons (Fsp3) is 0.667. The quantitative estimate of drug-likeness (QED) is 0.833. The van der Waals surface area contributed by atoms with E-state index in [0.29, 0.717) is 18.8 Å². The Hall–Kier alpha value is -1.53. The lowest BCUT2D eigenvalue weighted by Crippen LogP contribution is -2.52. The zero-order valence-electron chi connectivity index (χ0n) is 12.3. The van der Waals surface area contributed by atoms with Crippen molar-refractivity contribution in [1.82, 2.24) is 20.2 Å². The molecule has 0 aromatic carbocycles. The number of aliphatic hydroxyl groups excluding tert-OH is 1. The minimum absolute atomic E-state index is 0.0125. The number of carbonyl (C=O) groups is 1. The molecule has 1 saturated carbocycles. The van der Waals surface area contributed by atoms with Crippen molar-refractivity contribution in [3.63, 3.8) is 0 Å². The van der Waals surface area contributed by atoms with Crippen LogP contribution in [0, 0.1) is 5.92 Å². The van der Waals surface area contributed by atoms with Crippen LogP contribution in [0.1, 0.15) is 31.5 Å². The molecule has 2 fully saturated rings. The van der Waals surface area contributed by atoms with Gasteiger partial charge in [-0.05, 0) is 32.4 Å². The van der Waals surface area contributed by atoms with Crippen LogP contribution >= 0.6 is 0 Å². The van der Waals surface area contributed by atoms with Crippen LogP contribution in [0.15, 0.2) is 18.5 Å². The number of aromatic nitrogens is 2. The summed E-state index contributed by atoms with van der Waals surface area (Å²) in [5, 5.41) is 13.1. The van der Waals surface area contributed by atoms with Gasteiger partial charge in [0, 0.05) is 37.8 Å². The first kappa shape index (κ1) is 14.4. The normalized spacial score (nSPS) is 28.1. The van der Waals surface area contributed by atoms with E-state index in [-0.39, 0.29) is 11.8 Å². The van der Waals surface area contributed by atoms with Crippen LogP contribution in [0.3, 0.4) is 0 Å². The molecule has 114 valence electrons. The van der Waals surface area contributed by atoms with Crippen molar-refractivity contribution in [1.29, 1.82) is 0 Å². The molecule has 0 spiro atoms. The number of β-amino-alcohol motifs (C(OH)–C–C–N with tert-alkyl or cyclic N) is 1. The Morgan fingerprint density at radius 1 is 1.43 bits per heavy atom. The second-order valence-electron chi connectivity index (χ2n) is 6.31. The van der Waals surface area contributed by atoms with Gasteiger partial charge in [-0.2, -0.15) is 0 Å². The number of rotatable bonds is 4. The van der Waals surface area contributed by atoms with Gasteiger partial charge in [0.2, 0.25) is 5.91 Å². The van der Waals surface area contributed by atoms with Gasteiger partial charge in [-0.1, -0.05) is 0 Å². The summed E-state index contributed by atoms with van der Waals surface area (Å²) in [5.74, 6) is 0.707. The second-order valence-corrected chi connectivity index (χ2v) is 6.31. The summed E-state index contributed by atoms with van der Waals surface area (Å²) < 4.78 is 0. The summed E-state index contributed by atoms with van der Waals surface area (Å²) in [6, 6.07) is 1.78. The lowest BCUT2D eigenvalue weighted by Gasteiger charge is -2.41. The average molecular weight is 290 g/mol. The van der Waals surface area contributed by atoms with Crippen molar-refractivity contribution in [2.45, 2.75) is 37.3 Å². The van der Waals surface area contributed by atoms with Crippen LogP contribution in [0.4, 0.5) is 0 Å². The summed E-state index contributed by atoms with van der Waals surface area (Å²) in [6.07, 6.45) is 6.22. The van der Waals surface area contributed by atoms with E-state index in [1.807, 2.05) is 7.05 Å². The summed E-state index contributed by atoms with van der Waals surface area (Å²) in [6.45, 7) is 1.41. The number of likely N-dealkylation sites (tertiary alicyclic amines) is 1. The first-order valence-corrected chi connectivity index (χ1v) is 7.54. The average Bonchev–Trinajstić information content (AvgIpc) is 2.73. The minimum Gasteiger partial charge on any atom is -0.391 e. The van der Waals surface area contributed by atoms with Gasteiger partial charge in [0.05, 0.1) is 11.6 Å². The predicted octanol–water partition coefficient (Wildman–Crippen LogP) is 0.285. The molecule has 2 heterocycles. The molecule has 1 aromatic rings. The lowest BCUT2D eigenvalue weighted by atomic mass is 9.75. The van der Waals surface area contributed by atoms with Gasteiger partial charge in [-0.25, -0.2) is 9.97 Å². The number of likely N-dealkylation sites (N-methyl/N-ethyl adjacent to an activating group) is 1. The molecule has 0 radical (unpaired) electrons. The Bertz CT molecular complexity index is 504. The highest BCUT2D eigenvalue weighted by Crippen LogP contribution is 2.39. The molecule has 1 aromatic heterocycles. The van der Waals surface area contributed by atoms with Crippen LogP contribution in [-0.2, 0) is 10.3 Å². The standard InChI is InChI=1S/C15H22N4O2/c1-19-9-11(12(20)10-19)8-13(21)18-15(4-2-5-15)14-16-6-3-7-17-14/h3,6-7,11-12,20H,2,4-5,8-10H2,1H3,(H,18,21)/t11-,12-/m1/s1. The Morgan fingerprint density at radius 3 is 2.67 bits per heavy atom. The van der Waals surface area contributed by atoms with E-state index in [4.69, 9.17) is 0 Å². The van der Waals surface area contributed by atoms with Gasteiger partial charge in [0.15, 0.2) is 5.82 Å². The van der Waals surface area contributed by atoms with Gasteiger partial charge in [-0.3, -0.25) is 4.79 Å². The number of nitrogens with one attached hydrogen (secondary N) is 1. The van der Waals surface area contributed by atoms with E-state index in [2.05, 4.69) is 20.2 Å². The lowest BCUT2D eigenvalue weighted by molar-refractivity contribution is -0.126. The number of carbonyl (C=O) groups excluding carboxylic acids is 1. The topological polar surface area (TPSA) is 78.4 Å². The van der Waals surface area contributed by atoms with Gasteiger partial charge in [0.1, 0.15) is 0 Å². The van der Waals surface area contributed by atoms with E-state index >= 15 is 0 Å². The Morgan fingerprint density at radius 2 is 2.14 bits per heavy atom. The van der Waals surface area contributed by atoms with E-state index in [1.54, 1.807) is 18.5 Å². The molecule has 2 atom stereocenters. The van der Waals surface area contributed by atoms with Gasteiger partial charge in [-0.15, -0.1) is 0 Å². The molecule has 6 heteroatoms. The molecule has 0 unspecified atom stereocenters. The van der Waals surface area contributed by atoms with Crippen molar-refractivity contribution in [3.8, 4) is 0 Å². The molecule has 1 amide bonds. The van der Waals surface area contributed by atoms with E-state index in [0.717, 1.165) is 25.8 Å². The van der Waals surface area contributed by atoms with Gasteiger partial charge in [0.25, 0.3) is 0 Å². The fourth-order valence-corrected chi connectivity index (χ4v) is 3.30. The molecule has 21 heavy (non-hydrogen) atoms. The molecule has 2 N–H and O–H groups in total. The SMILES string of the molecule is CN1C[C@@H](CC(=O)NC2(c3ncccn3)CCC2)[C@H](O)C1. The van der Waals surface area contributed by atoms with Crippen LogP contribution in [0.5, 0.6) is 0 Å². The maximum absolute atomic E-state index is 12.3. The zero-order chi connectivity index (χ0) is 14.9. The van der Waals surface area contributed by atoms with Crippen LogP contribution in [-0.4, -0.2) is 52.1 Å². The number of aliphatic hydroxyl groups is 1. The Kier molecular flexibility index (Phi) is 3.91. The molecular formula is C15H22N4O2. The smallest absolute Gasteiger partial charge is 0.221 e. The number of amides is 1. The van der Waals surface area contributed by atoms with Crippen LogP contribution in [0.2, 0.25) is 0 Å². The summed E-state index contributed by atoms with van der Waals surface area (Å²) in [5.41, 5.74) is -0.395. The molecular weight excluding hydrogens is 268 g/mol. The first-order valence-electron chi connectivity index (χ1n) is 7.54. The first-order chi connectivity index (χ1) is 10.1. The maximum atomic E-state index is 12.3. The summed E-state index contributed by atoms with van der Waals surface area (Å²) in [7, 11) is 1.96. The highest BCUT2D eigenvalue weighted by atomic mass is 16.3. The molecule has 1 aliphatic heterocycles. The van der Waals surface area contributed by atoms with E-state index in [9.17, 15) is 9.90 Å². The number of hydrogen-bond donors (Lipinski definition) is 2. The maximum Gasteiger partial charge on any atom is 0.221 e. The molecule has 2 aliphatic rings. The third-order valence-corrected chi connectivity index (χ3v) is 4.62. The van der Waals surface area contributed by atoms with Gasteiger partial charge < -0.3 is 15.3 Å². The van der Waals surface area contributed by atoms with Gasteiger partial charge >= 0.3 is 0 Å². The Balaban J connectivity index is 1.64. The van der Waals surface area contributed by atoms with Crippen molar-refractivity contribution in [2.75, 3.05) is 20.1 Å². The van der Waals surface area contributed by atoms with Crippen molar-refractivity contribution in [2.24, 2.45) is 5.92 Å².